The van der Waals surface area contributed by atoms with E-state index in [0.29, 0.717) is 30.0 Å². The smallest absolute Gasteiger partial charge is 0.290 e. The van der Waals surface area contributed by atoms with Crippen LogP contribution in [0.4, 0.5) is 10.5 Å². The van der Waals surface area contributed by atoms with Gasteiger partial charge in [0.2, 0.25) is 0 Å². The van der Waals surface area contributed by atoms with E-state index in [-0.39, 0.29) is 0 Å². The highest BCUT2D eigenvalue weighted by Gasteiger charge is 2.24. The Bertz CT molecular complexity index is 974. The quantitative estimate of drug-likeness (QED) is 0.559. The number of anilines is 1. The number of hydrogen-bond acceptors (Lipinski definition) is 4. The molecule has 2 amide bonds. The molecule has 29 heavy (non-hydrogen) atoms. The third kappa shape index (κ3) is 5.18. The van der Waals surface area contributed by atoms with Gasteiger partial charge < -0.3 is 9.47 Å². The van der Waals surface area contributed by atoms with E-state index < -0.39 is 11.1 Å². The molecule has 0 saturated carbocycles. The molecular formula is C23H21NO4S. The van der Waals surface area contributed by atoms with Gasteiger partial charge >= 0.3 is 0 Å². The first-order chi connectivity index (χ1) is 14.1. The lowest BCUT2D eigenvalue weighted by Crippen LogP contribution is -2.34. The minimum absolute atomic E-state index is 0.364. The van der Waals surface area contributed by atoms with E-state index >= 15 is 0 Å². The fourth-order valence-corrected chi connectivity index (χ4v) is 3.10. The normalized spacial score (nSPS) is 10.3. The zero-order valence-electron chi connectivity index (χ0n) is 15.9. The number of amides is 2. The van der Waals surface area contributed by atoms with Gasteiger partial charge in [0.25, 0.3) is 11.1 Å². The van der Waals surface area contributed by atoms with Crippen LogP contribution in [-0.2, 0) is 6.42 Å². The van der Waals surface area contributed by atoms with Crippen molar-refractivity contribution >= 4 is 29.5 Å². The number of rotatable bonds is 7. The molecule has 0 aliphatic carbocycles. The van der Waals surface area contributed by atoms with Crippen LogP contribution in [0.2, 0.25) is 0 Å². The molecule has 0 aromatic heterocycles. The van der Waals surface area contributed by atoms with Crippen LogP contribution < -0.4 is 14.4 Å². The van der Waals surface area contributed by atoms with E-state index in [1.807, 2.05) is 42.5 Å². The number of imide groups is 1. The van der Waals surface area contributed by atoms with Crippen molar-refractivity contribution in [1.82, 2.24) is 0 Å². The first-order valence-corrected chi connectivity index (χ1v) is 9.52. The maximum absolute atomic E-state index is 13.0. The summed E-state index contributed by atoms with van der Waals surface area (Å²) in [7, 11) is 1.55. The van der Waals surface area contributed by atoms with Crippen LogP contribution in [0, 0.1) is 0 Å². The number of hydrogen-bond donors (Lipinski definition) is 1. The van der Waals surface area contributed by atoms with Crippen LogP contribution in [0.15, 0.2) is 78.9 Å². The lowest BCUT2D eigenvalue weighted by Gasteiger charge is -2.22. The number of methoxy groups -OCH3 is 1. The summed E-state index contributed by atoms with van der Waals surface area (Å²) in [5.74, 6) is 0.939. The maximum Gasteiger partial charge on any atom is 0.290 e. The van der Waals surface area contributed by atoms with Crippen molar-refractivity contribution in [1.29, 1.82) is 0 Å². The van der Waals surface area contributed by atoms with Gasteiger partial charge in [0.1, 0.15) is 11.5 Å². The highest BCUT2D eigenvalue weighted by atomic mass is 32.1. The molecule has 0 saturated heterocycles. The van der Waals surface area contributed by atoms with E-state index in [1.165, 1.54) is 0 Å². The Hall–Kier alpha value is -3.25. The summed E-state index contributed by atoms with van der Waals surface area (Å²) in [6, 6.07) is 23.3. The average molecular weight is 407 g/mol. The lowest BCUT2D eigenvalue weighted by atomic mass is 10.1. The van der Waals surface area contributed by atoms with Gasteiger partial charge in [0.05, 0.1) is 19.4 Å². The Labute approximate surface area is 175 Å². The van der Waals surface area contributed by atoms with Crippen LogP contribution >= 0.6 is 12.6 Å². The summed E-state index contributed by atoms with van der Waals surface area (Å²) in [5.41, 5.74) is 1.67. The molecule has 3 aromatic rings. The van der Waals surface area contributed by atoms with Crippen LogP contribution in [-0.4, -0.2) is 24.9 Å². The van der Waals surface area contributed by atoms with Crippen LogP contribution in [0.5, 0.6) is 11.5 Å². The molecule has 0 heterocycles. The number of thiol groups is 1. The molecule has 5 nitrogen and oxygen atoms in total. The van der Waals surface area contributed by atoms with Gasteiger partial charge in [-0.25, -0.2) is 4.90 Å². The summed E-state index contributed by atoms with van der Waals surface area (Å²) in [5, 5.41) is -0.651. The molecule has 6 heteroatoms. The average Bonchev–Trinajstić information content (AvgIpc) is 2.75. The highest BCUT2D eigenvalue weighted by molar-refractivity contribution is 7.97. The van der Waals surface area contributed by atoms with Gasteiger partial charge in [-0.1, -0.05) is 49.0 Å². The van der Waals surface area contributed by atoms with E-state index in [0.717, 1.165) is 16.2 Å². The molecule has 0 radical (unpaired) electrons. The maximum atomic E-state index is 13.0. The zero-order chi connectivity index (χ0) is 20.6. The number of benzene rings is 3. The molecule has 0 unspecified atom stereocenters. The van der Waals surface area contributed by atoms with Crippen molar-refractivity contribution in [2.75, 3.05) is 18.6 Å². The molecule has 0 N–H and O–H groups in total. The van der Waals surface area contributed by atoms with E-state index in [2.05, 4.69) is 12.6 Å². The molecule has 0 spiro atoms. The Morgan fingerprint density at radius 2 is 1.52 bits per heavy atom. The SMILES string of the molecule is COc1ccc(C(=O)N(C(=O)S)c2ccccc2CCOc2ccccc2)cc1. The van der Waals surface area contributed by atoms with Crippen molar-refractivity contribution in [3.05, 3.63) is 90.0 Å². The van der Waals surface area contributed by atoms with Crippen molar-refractivity contribution in [2.24, 2.45) is 0 Å². The first-order valence-electron chi connectivity index (χ1n) is 9.07. The van der Waals surface area contributed by atoms with Crippen LogP contribution in [0.3, 0.4) is 0 Å². The van der Waals surface area contributed by atoms with Crippen molar-refractivity contribution in [3.8, 4) is 11.5 Å². The summed E-state index contributed by atoms with van der Waals surface area (Å²) >= 11 is 3.94. The van der Waals surface area contributed by atoms with Gasteiger partial charge in [0, 0.05) is 12.0 Å². The predicted molar refractivity (Wildman–Crippen MR) is 116 cm³/mol. The molecule has 0 aliphatic heterocycles. The van der Waals surface area contributed by atoms with E-state index in [9.17, 15) is 9.59 Å². The predicted octanol–water partition coefficient (Wildman–Crippen LogP) is 5.01. The van der Waals surface area contributed by atoms with Gasteiger partial charge in [0.15, 0.2) is 0 Å². The summed E-state index contributed by atoms with van der Waals surface area (Å²) in [4.78, 5) is 26.3. The van der Waals surface area contributed by atoms with Crippen LogP contribution in [0.1, 0.15) is 15.9 Å². The topological polar surface area (TPSA) is 55.8 Å². The number of nitrogens with zero attached hydrogens (tertiary/aromatic N) is 1. The number of para-hydroxylation sites is 2. The molecule has 0 aliphatic rings. The Kier molecular flexibility index (Phi) is 6.92. The van der Waals surface area contributed by atoms with Crippen molar-refractivity contribution in [3.63, 3.8) is 0 Å². The van der Waals surface area contributed by atoms with E-state index in [1.54, 1.807) is 43.5 Å². The standard InChI is InChI=1S/C23H21NO4S/c1-27-19-13-11-18(12-14-19)22(25)24(23(26)29)21-10-6-5-7-17(21)15-16-28-20-8-3-2-4-9-20/h2-14H,15-16H2,1H3,(H,26,29). The molecule has 148 valence electrons. The molecular weight excluding hydrogens is 386 g/mol. The molecule has 3 rings (SSSR count). The summed E-state index contributed by atoms with van der Waals surface area (Å²) in [6.45, 7) is 0.409. The molecule has 0 fully saturated rings. The van der Waals surface area contributed by atoms with E-state index in [4.69, 9.17) is 9.47 Å². The lowest BCUT2D eigenvalue weighted by molar-refractivity contribution is 0.0997. The fraction of sp³-hybridized carbons (Fsp3) is 0.130. The first kappa shape index (κ1) is 20.5. The van der Waals surface area contributed by atoms with Crippen LogP contribution in [0.25, 0.3) is 0 Å². The largest absolute Gasteiger partial charge is 0.497 e. The third-order valence-corrected chi connectivity index (χ3v) is 4.55. The molecule has 3 aromatic carbocycles. The van der Waals surface area contributed by atoms with Gasteiger partial charge in [-0.2, -0.15) is 0 Å². The Morgan fingerprint density at radius 1 is 0.862 bits per heavy atom. The monoisotopic (exact) mass is 407 g/mol. The minimum Gasteiger partial charge on any atom is -0.497 e. The van der Waals surface area contributed by atoms with Gasteiger partial charge in [-0.15, -0.1) is 0 Å². The van der Waals surface area contributed by atoms with Gasteiger partial charge in [-0.3, -0.25) is 9.59 Å². The second-order valence-corrected chi connectivity index (χ2v) is 6.57. The molecule has 0 bridgehead atoms. The summed E-state index contributed by atoms with van der Waals surface area (Å²) in [6.07, 6.45) is 0.526. The number of carbonyl (C=O) groups excluding carboxylic acids is 2. The van der Waals surface area contributed by atoms with Crippen molar-refractivity contribution in [2.45, 2.75) is 6.42 Å². The minimum atomic E-state index is -0.651. The second-order valence-electron chi connectivity index (χ2n) is 6.19. The fourth-order valence-electron chi connectivity index (χ4n) is 2.90. The second kappa shape index (κ2) is 9.80. The summed E-state index contributed by atoms with van der Waals surface area (Å²) < 4.78 is 10.9. The Morgan fingerprint density at radius 3 is 2.17 bits per heavy atom. The Balaban J connectivity index is 1.81. The number of carbonyl (C=O) groups is 2. The van der Waals surface area contributed by atoms with Gasteiger partial charge in [-0.05, 0) is 48.0 Å². The molecule has 0 atom stereocenters. The van der Waals surface area contributed by atoms with Crippen molar-refractivity contribution < 1.29 is 19.1 Å². The third-order valence-electron chi connectivity index (χ3n) is 4.35. The zero-order valence-corrected chi connectivity index (χ0v) is 16.8. The number of ether oxygens (including phenoxy) is 2. The highest BCUT2D eigenvalue weighted by Crippen LogP contribution is 2.25.